The lowest BCUT2D eigenvalue weighted by atomic mass is 9.34. The maximum absolute atomic E-state index is 8.23. The molecule has 0 N–H and O–H groups in total. The van der Waals surface area contributed by atoms with Gasteiger partial charge >= 0.3 is 0 Å². The van der Waals surface area contributed by atoms with Gasteiger partial charge in [0.2, 0.25) is 0 Å². The zero-order valence-corrected chi connectivity index (χ0v) is 67.2. The van der Waals surface area contributed by atoms with E-state index in [9.17, 15) is 0 Å². The van der Waals surface area contributed by atoms with Crippen molar-refractivity contribution in [3.05, 3.63) is 282 Å². The van der Waals surface area contributed by atoms with Gasteiger partial charge in [0.05, 0.1) is 50.2 Å². The van der Waals surface area contributed by atoms with Crippen LogP contribution in [-0.2, 0) is 32.5 Å². The minimum absolute atomic E-state index is 0.0646. The molecule has 538 valence electrons. The summed E-state index contributed by atoms with van der Waals surface area (Å²) in [4.78, 5) is 2.68. The van der Waals surface area contributed by atoms with Gasteiger partial charge in [-0.15, -0.1) is 11.3 Å². The smallest absolute Gasteiger partial charge is 0.258 e. The second-order valence-electron chi connectivity index (χ2n) is 37.4. The van der Waals surface area contributed by atoms with Gasteiger partial charge in [-0.05, 0) is 190 Å². The van der Waals surface area contributed by atoms with Gasteiger partial charge in [-0.25, -0.2) is 0 Å². The molecule has 109 heavy (non-hydrogen) atoms. The molecular formula is C102H95BN4OS. The minimum atomic E-state index is -0.303. The summed E-state index contributed by atoms with van der Waals surface area (Å²) >= 11 is 1.91. The zero-order valence-electron chi connectivity index (χ0n) is 66.4. The van der Waals surface area contributed by atoms with Crippen LogP contribution in [0.3, 0.4) is 0 Å². The summed E-state index contributed by atoms with van der Waals surface area (Å²) in [7, 11) is 0. The van der Waals surface area contributed by atoms with Crippen molar-refractivity contribution in [1.29, 1.82) is 0 Å². The Balaban J connectivity index is 0.983. The summed E-state index contributed by atoms with van der Waals surface area (Å²) < 4.78 is 18.4. The zero-order chi connectivity index (χ0) is 75.7. The van der Waals surface area contributed by atoms with E-state index in [1.54, 1.807) is 0 Å². The normalized spacial score (nSPS) is 13.6. The van der Waals surface area contributed by atoms with Gasteiger partial charge in [-0.3, -0.25) is 0 Å². The Morgan fingerprint density at radius 3 is 1.09 bits per heavy atom. The van der Waals surface area contributed by atoms with Crippen molar-refractivity contribution in [2.45, 2.75) is 157 Å². The molecule has 19 rings (SSSR count). The van der Waals surface area contributed by atoms with Crippen molar-refractivity contribution in [1.82, 2.24) is 13.7 Å². The minimum Gasteiger partial charge on any atom is -0.458 e. The third kappa shape index (κ3) is 10.8. The van der Waals surface area contributed by atoms with E-state index in [1.807, 2.05) is 11.3 Å². The first-order chi connectivity index (χ1) is 51.8. The highest BCUT2D eigenvalue weighted by Gasteiger charge is 2.46. The molecule has 7 heteroatoms. The van der Waals surface area contributed by atoms with Crippen LogP contribution in [0.15, 0.2) is 249 Å². The van der Waals surface area contributed by atoms with Gasteiger partial charge in [0.25, 0.3) is 6.71 Å². The van der Waals surface area contributed by atoms with E-state index in [0.717, 1.165) is 84.4 Å². The van der Waals surface area contributed by atoms with Crippen LogP contribution < -0.4 is 26.0 Å². The Labute approximate surface area is 646 Å². The fourth-order valence-corrected chi connectivity index (χ4v) is 19.2. The van der Waals surface area contributed by atoms with E-state index < -0.39 is 0 Å². The number of aromatic nitrogens is 3. The summed E-state index contributed by atoms with van der Waals surface area (Å²) in [6.07, 6.45) is 0. The molecule has 0 amide bonds. The number of ether oxygens (including phenoxy) is 1. The van der Waals surface area contributed by atoms with Crippen LogP contribution in [0.2, 0.25) is 0 Å². The molecule has 0 bridgehead atoms. The van der Waals surface area contributed by atoms with Crippen LogP contribution >= 0.6 is 11.3 Å². The number of hydrogen-bond acceptors (Lipinski definition) is 3. The first-order valence-electron chi connectivity index (χ1n) is 39.2. The second kappa shape index (κ2) is 23.8. The summed E-state index contributed by atoms with van der Waals surface area (Å²) in [5.41, 5.74) is 29.0. The first-order valence-corrected chi connectivity index (χ1v) is 40.0. The largest absolute Gasteiger partial charge is 0.458 e. The van der Waals surface area contributed by atoms with Crippen molar-refractivity contribution in [3.63, 3.8) is 0 Å². The molecule has 0 unspecified atom stereocenters. The van der Waals surface area contributed by atoms with Crippen molar-refractivity contribution in [3.8, 4) is 50.8 Å². The number of thiophene rings is 1. The van der Waals surface area contributed by atoms with Crippen molar-refractivity contribution in [2.75, 3.05) is 4.90 Å². The molecule has 17 aromatic rings. The van der Waals surface area contributed by atoms with Crippen LogP contribution in [0.5, 0.6) is 11.5 Å². The van der Waals surface area contributed by atoms with Gasteiger partial charge in [0, 0.05) is 92.8 Å². The average molecular weight is 1440 g/mol. The Bertz CT molecular complexity index is 6420. The van der Waals surface area contributed by atoms with E-state index in [0.29, 0.717) is 0 Å². The van der Waals surface area contributed by atoms with Crippen LogP contribution in [0.1, 0.15) is 158 Å². The van der Waals surface area contributed by atoms with E-state index in [-0.39, 0.29) is 39.2 Å². The molecular weight excluding hydrogens is 1340 g/mol. The average Bonchev–Trinajstić information content (AvgIpc) is 1.67. The Morgan fingerprint density at radius 2 is 0.670 bits per heavy atom. The van der Waals surface area contributed by atoms with E-state index >= 15 is 0 Å². The number of anilines is 3. The van der Waals surface area contributed by atoms with Crippen molar-refractivity contribution >= 4 is 137 Å². The predicted octanol–water partition coefficient (Wildman–Crippen LogP) is 26.9. The molecule has 13 aromatic carbocycles. The van der Waals surface area contributed by atoms with E-state index in [2.05, 4.69) is 392 Å². The number of nitrogens with zero attached hydrogens (tertiary/aromatic N) is 4. The molecule has 0 fully saturated rings. The van der Waals surface area contributed by atoms with Crippen LogP contribution in [0.25, 0.3) is 125 Å². The molecule has 0 saturated heterocycles. The SMILES string of the molecule is CC(C)(C)c1ccc2c(c1)c1cc(C(C)(C)C)ccc1n2-c1ccc2c(c1)N(c1c(-c3ccccc3)cccc1-c1ccccc1)c1cc(-n3c4ccc(C(C)(C)C)cc4c4cc(C(C)(C)C)ccc43)cc3c1B2c1c(cc(-n2c4ccc(C(C)(C)C)cc4c4cc(C(C)(C)C)ccc42)c2c1sc1ccccc12)O3. The van der Waals surface area contributed by atoms with Crippen LogP contribution in [-0.4, -0.2) is 20.4 Å². The summed E-state index contributed by atoms with van der Waals surface area (Å²) in [6, 6.07) is 96.5. The molecule has 0 aliphatic carbocycles. The molecule has 5 nitrogen and oxygen atoms in total. The summed E-state index contributed by atoms with van der Waals surface area (Å²) in [5.74, 6) is 1.69. The highest BCUT2D eigenvalue weighted by molar-refractivity contribution is 7.28. The molecule has 0 atom stereocenters. The lowest BCUT2D eigenvalue weighted by Crippen LogP contribution is -2.59. The highest BCUT2D eigenvalue weighted by atomic mass is 32.1. The molecule has 0 saturated carbocycles. The van der Waals surface area contributed by atoms with Gasteiger partial charge < -0.3 is 23.3 Å². The fourth-order valence-electron chi connectivity index (χ4n) is 17.9. The number of para-hydroxylation sites is 1. The fraction of sp³-hybridized carbons (Fsp3) is 0.235. The topological polar surface area (TPSA) is 27.3 Å². The lowest BCUT2D eigenvalue weighted by molar-refractivity contribution is 0.488. The van der Waals surface area contributed by atoms with Crippen molar-refractivity contribution < 1.29 is 4.74 Å². The number of rotatable bonds is 6. The van der Waals surface area contributed by atoms with E-state index in [4.69, 9.17) is 4.74 Å². The first kappa shape index (κ1) is 68.7. The molecule has 2 aliphatic heterocycles. The Kier molecular flexibility index (Phi) is 15.0. The standard InChI is InChI=1S/C102H95BN4OS/c1-97(2,3)62-36-44-80-73(50-62)74-51-63(98(4,5)6)37-45-81(74)104(80)68-42-43-79-86(56-68)107(95-70(60-28-21-19-22-29-60)33-27-34-71(95)61-30-23-20-24-31-61)88-57-69(105-82-46-38-64(99(7,8)9)52-75(82)76-53-65(100(10,11)12)39-47-83(76)105)58-89-93(88)103(79)94-90(108-89)59-87(92-72-32-25-26-35-91(72)109-96(92)94)106-84-48-40-66(101(13,14)15)54-77(84)78-55-67(102(16,17)18)41-49-85(78)106/h19-59H,1-18H3. The lowest BCUT2D eigenvalue weighted by Gasteiger charge is -2.42. The summed E-state index contributed by atoms with van der Waals surface area (Å²) in [6.45, 7) is 41.7. The highest BCUT2D eigenvalue weighted by Crippen LogP contribution is 2.54. The molecule has 6 heterocycles. The molecule has 4 aromatic heterocycles. The molecule has 2 aliphatic rings. The summed E-state index contributed by atoms with van der Waals surface area (Å²) in [5, 5.41) is 9.96. The number of hydrogen-bond donors (Lipinski definition) is 0. The quantitative estimate of drug-likeness (QED) is 0.155. The Hall–Kier alpha value is -10.9. The maximum Gasteiger partial charge on any atom is 0.258 e. The van der Waals surface area contributed by atoms with E-state index in [1.165, 1.54) is 119 Å². The third-order valence-electron chi connectivity index (χ3n) is 24.0. The van der Waals surface area contributed by atoms with Gasteiger partial charge in [0.1, 0.15) is 11.5 Å². The molecule has 0 spiro atoms. The second-order valence-corrected chi connectivity index (χ2v) is 38.5. The maximum atomic E-state index is 8.23. The number of fused-ring (bicyclic) bond motifs is 17. The van der Waals surface area contributed by atoms with Gasteiger partial charge in [0.15, 0.2) is 0 Å². The van der Waals surface area contributed by atoms with Gasteiger partial charge in [-0.2, -0.15) is 0 Å². The number of benzene rings is 13. The Morgan fingerprint density at radius 1 is 0.294 bits per heavy atom. The van der Waals surface area contributed by atoms with Gasteiger partial charge in [-0.1, -0.05) is 264 Å². The third-order valence-corrected chi connectivity index (χ3v) is 25.2. The molecule has 0 radical (unpaired) electrons. The predicted molar refractivity (Wildman–Crippen MR) is 471 cm³/mol. The van der Waals surface area contributed by atoms with Crippen LogP contribution in [0.4, 0.5) is 17.1 Å². The van der Waals surface area contributed by atoms with Crippen LogP contribution in [0, 0.1) is 0 Å². The monoisotopic (exact) mass is 1430 g/mol. The van der Waals surface area contributed by atoms with Crippen molar-refractivity contribution in [2.24, 2.45) is 0 Å².